The molecule has 2 aromatic rings. The third-order valence-electron chi connectivity index (χ3n) is 2.30. The van der Waals surface area contributed by atoms with Gasteiger partial charge in [-0.1, -0.05) is 6.92 Å². The summed E-state index contributed by atoms with van der Waals surface area (Å²) in [6.45, 7) is 5.04. The molecule has 0 fully saturated rings. The molecule has 2 heterocycles. The fourth-order valence-electron chi connectivity index (χ4n) is 1.48. The summed E-state index contributed by atoms with van der Waals surface area (Å²) in [5.74, 6) is 0. The van der Waals surface area contributed by atoms with Crippen LogP contribution in [0, 0.1) is 0 Å². The van der Waals surface area contributed by atoms with E-state index in [4.69, 9.17) is 5.73 Å². The molecule has 2 N–H and O–H groups in total. The second kappa shape index (κ2) is 4.02. The molecule has 4 nitrogen and oxygen atoms in total. The van der Waals surface area contributed by atoms with E-state index in [1.165, 1.54) is 0 Å². The average molecular weight is 222 g/mol. The summed E-state index contributed by atoms with van der Waals surface area (Å²) in [7, 11) is 0. The van der Waals surface area contributed by atoms with Crippen molar-refractivity contribution in [1.29, 1.82) is 0 Å². The Morgan fingerprint density at radius 3 is 2.87 bits per heavy atom. The number of thiazole rings is 1. The molecule has 0 radical (unpaired) electrons. The number of hydrogen-bond donors (Lipinski definition) is 1. The molecule has 0 saturated carbocycles. The molecule has 0 aliphatic heterocycles. The zero-order valence-corrected chi connectivity index (χ0v) is 9.71. The number of nitrogens with two attached hydrogens (primary N) is 1. The van der Waals surface area contributed by atoms with Crippen LogP contribution >= 0.6 is 11.3 Å². The van der Waals surface area contributed by atoms with E-state index in [0.29, 0.717) is 0 Å². The van der Waals surface area contributed by atoms with Gasteiger partial charge in [-0.15, -0.1) is 11.3 Å². The first-order valence-electron chi connectivity index (χ1n) is 5.02. The normalized spacial score (nSPS) is 10.8. The Balaban J connectivity index is 2.48. The fraction of sp³-hybridized carbons (Fsp3) is 0.400. The van der Waals surface area contributed by atoms with Crippen LogP contribution < -0.4 is 5.73 Å². The summed E-state index contributed by atoms with van der Waals surface area (Å²) in [5, 5.41) is 1.86. The van der Waals surface area contributed by atoms with E-state index in [-0.39, 0.29) is 0 Å². The predicted octanol–water partition coefficient (Wildman–Crippen LogP) is 2.17. The molecule has 0 aliphatic rings. The highest BCUT2D eigenvalue weighted by atomic mass is 32.1. The standard InChI is InChI=1S/C10H14N4S/c1-3-8-13-9(10(11)15-8)7-5-12-6-14(7)4-2/h5-6H,3-4,11H2,1-2H3. The maximum atomic E-state index is 5.95. The lowest BCUT2D eigenvalue weighted by Gasteiger charge is -2.02. The van der Waals surface area contributed by atoms with Crippen molar-refractivity contribution in [1.82, 2.24) is 14.5 Å². The molecule has 0 aliphatic carbocycles. The van der Waals surface area contributed by atoms with Crippen LogP contribution in [0.1, 0.15) is 18.9 Å². The van der Waals surface area contributed by atoms with Gasteiger partial charge in [0.15, 0.2) is 0 Å². The van der Waals surface area contributed by atoms with Gasteiger partial charge in [-0.3, -0.25) is 0 Å². The lowest BCUT2D eigenvalue weighted by Crippen LogP contribution is -1.96. The van der Waals surface area contributed by atoms with Gasteiger partial charge in [0.2, 0.25) is 0 Å². The van der Waals surface area contributed by atoms with E-state index in [1.807, 2.05) is 10.8 Å². The number of hydrogen-bond acceptors (Lipinski definition) is 4. The smallest absolute Gasteiger partial charge is 0.123 e. The first-order chi connectivity index (χ1) is 7.26. The number of nitrogens with zero attached hydrogens (tertiary/aromatic N) is 3. The van der Waals surface area contributed by atoms with E-state index < -0.39 is 0 Å². The summed E-state index contributed by atoms with van der Waals surface area (Å²) in [4.78, 5) is 8.63. The molecule has 5 heteroatoms. The predicted molar refractivity (Wildman–Crippen MR) is 62.8 cm³/mol. The van der Waals surface area contributed by atoms with Crippen LogP contribution in [0.2, 0.25) is 0 Å². The molecule has 2 aromatic heterocycles. The third kappa shape index (κ3) is 1.74. The maximum absolute atomic E-state index is 5.95. The van der Waals surface area contributed by atoms with Gasteiger partial charge in [0.1, 0.15) is 10.7 Å². The molecule has 15 heavy (non-hydrogen) atoms. The molecule has 0 spiro atoms. The summed E-state index contributed by atoms with van der Waals surface area (Å²) in [5.41, 5.74) is 7.82. The lowest BCUT2D eigenvalue weighted by atomic mass is 10.3. The highest BCUT2D eigenvalue weighted by molar-refractivity contribution is 7.16. The van der Waals surface area contributed by atoms with Crippen molar-refractivity contribution in [2.24, 2.45) is 0 Å². The summed E-state index contributed by atoms with van der Waals surface area (Å²) < 4.78 is 2.05. The first kappa shape index (κ1) is 10.2. The number of aromatic nitrogens is 3. The van der Waals surface area contributed by atoms with Crippen molar-refractivity contribution in [3.05, 3.63) is 17.5 Å². The van der Waals surface area contributed by atoms with Crippen LogP contribution in [0.3, 0.4) is 0 Å². The van der Waals surface area contributed by atoms with Gasteiger partial charge in [0.05, 0.1) is 23.2 Å². The number of aryl methyl sites for hydroxylation is 2. The first-order valence-corrected chi connectivity index (χ1v) is 5.83. The highest BCUT2D eigenvalue weighted by Gasteiger charge is 2.12. The minimum atomic E-state index is 0.780. The van der Waals surface area contributed by atoms with E-state index in [0.717, 1.165) is 34.4 Å². The van der Waals surface area contributed by atoms with E-state index in [1.54, 1.807) is 17.7 Å². The Morgan fingerprint density at radius 1 is 1.47 bits per heavy atom. The Morgan fingerprint density at radius 2 is 2.27 bits per heavy atom. The average Bonchev–Trinajstić information content (AvgIpc) is 2.82. The second-order valence-electron chi connectivity index (χ2n) is 3.24. The zero-order chi connectivity index (χ0) is 10.8. The van der Waals surface area contributed by atoms with Crippen LogP contribution in [0.4, 0.5) is 5.00 Å². The number of anilines is 1. The van der Waals surface area contributed by atoms with Crippen molar-refractivity contribution >= 4 is 16.3 Å². The fourth-order valence-corrected chi connectivity index (χ4v) is 2.26. The molecule has 0 unspecified atom stereocenters. The minimum absolute atomic E-state index is 0.780. The summed E-state index contributed by atoms with van der Waals surface area (Å²) in [6.07, 6.45) is 4.54. The van der Waals surface area contributed by atoms with E-state index in [2.05, 4.69) is 23.8 Å². The topological polar surface area (TPSA) is 56.7 Å². The Hall–Kier alpha value is -1.36. The quantitative estimate of drug-likeness (QED) is 0.866. The molecule has 0 aromatic carbocycles. The third-order valence-corrected chi connectivity index (χ3v) is 3.32. The summed E-state index contributed by atoms with van der Waals surface area (Å²) in [6, 6.07) is 0. The Labute approximate surface area is 92.8 Å². The van der Waals surface area contributed by atoms with Gasteiger partial charge in [0.25, 0.3) is 0 Å². The van der Waals surface area contributed by atoms with Crippen molar-refractivity contribution in [3.8, 4) is 11.4 Å². The van der Waals surface area contributed by atoms with Gasteiger partial charge in [-0.05, 0) is 13.3 Å². The van der Waals surface area contributed by atoms with Crippen molar-refractivity contribution in [2.45, 2.75) is 26.8 Å². The molecular weight excluding hydrogens is 208 g/mol. The van der Waals surface area contributed by atoms with Crippen LogP contribution in [-0.2, 0) is 13.0 Å². The monoisotopic (exact) mass is 222 g/mol. The van der Waals surface area contributed by atoms with Gasteiger partial charge >= 0.3 is 0 Å². The number of imidazole rings is 1. The van der Waals surface area contributed by atoms with E-state index >= 15 is 0 Å². The van der Waals surface area contributed by atoms with Crippen LogP contribution in [0.25, 0.3) is 11.4 Å². The van der Waals surface area contributed by atoms with Crippen LogP contribution in [-0.4, -0.2) is 14.5 Å². The molecular formula is C10H14N4S. The van der Waals surface area contributed by atoms with Crippen LogP contribution in [0.5, 0.6) is 0 Å². The number of rotatable bonds is 3. The molecule has 2 rings (SSSR count). The molecule has 80 valence electrons. The summed E-state index contributed by atoms with van der Waals surface area (Å²) >= 11 is 1.56. The molecule has 0 saturated heterocycles. The van der Waals surface area contributed by atoms with Crippen molar-refractivity contribution in [2.75, 3.05) is 5.73 Å². The van der Waals surface area contributed by atoms with E-state index in [9.17, 15) is 0 Å². The van der Waals surface area contributed by atoms with Gasteiger partial charge in [-0.2, -0.15) is 0 Å². The van der Waals surface area contributed by atoms with Crippen molar-refractivity contribution in [3.63, 3.8) is 0 Å². The Bertz CT molecular complexity index is 458. The highest BCUT2D eigenvalue weighted by Crippen LogP contribution is 2.30. The number of nitrogen functional groups attached to an aromatic ring is 1. The zero-order valence-electron chi connectivity index (χ0n) is 8.90. The minimum Gasteiger partial charge on any atom is -0.389 e. The maximum Gasteiger partial charge on any atom is 0.123 e. The van der Waals surface area contributed by atoms with Gasteiger partial charge in [-0.25, -0.2) is 9.97 Å². The second-order valence-corrected chi connectivity index (χ2v) is 4.35. The lowest BCUT2D eigenvalue weighted by molar-refractivity contribution is 0.767. The van der Waals surface area contributed by atoms with Gasteiger partial charge < -0.3 is 10.3 Å². The Kier molecular flexibility index (Phi) is 2.73. The SMILES string of the molecule is CCc1nc(-c2cncn2CC)c(N)s1. The largest absolute Gasteiger partial charge is 0.389 e. The molecule has 0 atom stereocenters. The molecule has 0 bridgehead atoms. The van der Waals surface area contributed by atoms with Crippen molar-refractivity contribution < 1.29 is 0 Å². The molecule has 0 amide bonds. The van der Waals surface area contributed by atoms with Crippen LogP contribution in [0.15, 0.2) is 12.5 Å². The van der Waals surface area contributed by atoms with Gasteiger partial charge in [0, 0.05) is 6.54 Å².